The summed E-state index contributed by atoms with van der Waals surface area (Å²) in [6.07, 6.45) is 4.68. The summed E-state index contributed by atoms with van der Waals surface area (Å²) in [4.78, 5) is 14.6. The molecule has 102 valence electrons. The van der Waals surface area contributed by atoms with E-state index in [1.807, 2.05) is 4.90 Å². The van der Waals surface area contributed by atoms with E-state index in [9.17, 15) is 4.79 Å². The van der Waals surface area contributed by atoms with Gasteiger partial charge in [-0.15, -0.1) is 0 Å². The van der Waals surface area contributed by atoms with Gasteiger partial charge in [0, 0.05) is 12.6 Å². The van der Waals surface area contributed by atoms with E-state index < -0.39 is 5.41 Å². The van der Waals surface area contributed by atoms with Crippen LogP contribution in [0, 0.1) is 11.3 Å². The van der Waals surface area contributed by atoms with Crippen LogP contribution in [-0.4, -0.2) is 34.4 Å². The highest BCUT2D eigenvalue weighted by Crippen LogP contribution is 2.47. The van der Waals surface area contributed by atoms with Crippen molar-refractivity contribution in [1.29, 1.82) is 0 Å². The molecule has 1 atom stereocenters. The lowest BCUT2D eigenvalue weighted by atomic mass is 9.60. The summed E-state index contributed by atoms with van der Waals surface area (Å²) in [6, 6.07) is 0.269. The number of amidine groups is 1. The number of amides is 1. The third-order valence-corrected chi connectivity index (χ3v) is 4.47. The number of likely N-dealkylation sites (tertiary alicyclic amines) is 1. The lowest BCUT2D eigenvalue weighted by Crippen LogP contribution is -2.59. The minimum absolute atomic E-state index is 0.0584. The van der Waals surface area contributed by atoms with E-state index in [1.54, 1.807) is 0 Å². The van der Waals surface area contributed by atoms with Gasteiger partial charge in [0.05, 0.1) is 0 Å². The molecule has 0 aromatic heterocycles. The van der Waals surface area contributed by atoms with Gasteiger partial charge in [-0.25, -0.2) is 0 Å². The van der Waals surface area contributed by atoms with Gasteiger partial charge in [-0.05, 0) is 44.9 Å². The fourth-order valence-corrected chi connectivity index (χ4v) is 3.39. The molecule has 1 aliphatic heterocycles. The molecule has 2 fully saturated rings. The topological polar surface area (TPSA) is 78.9 Å². The van der Waals surface area contributed by atoms with Gasteiger partial charge in [0.15, 0.2) is 5.84 Å². The third kappa shape index (κ3) is 1.95. The fraction of sp³-hybridized carbons (Fsp3) is 0.846. The van der Waals surface area contributed by atoms with Crippen molar-refractivity contribution in [3.8, 4) is 0 Å². The first-order valence-electron chi connectivity index (χ1n) is 6.80. The summed E-state index contributed by atoms with van der Waals surface area (Å²) < 4.78 is 0. The monoisotopic (exact) mass is 253 g/mol. The number of hydrogen-bond acceptors (Lipinski definition) is 3. The van der Waals surface area contributed by atoms with Crippen LogP contribution in [0.3, 0.4) is 0 Å². The molecule has 0 spiro atoms. The maximum atomic E-state index is 12.7. The smallest absolute Gasteiger partial charge is 0.236 e. The van der Waals surface area contributed by atoms with Crippen LogP contribution in [-0.2, 0) is 4.79 Å². The number of carbonyl (C=O) groups excluding carboxylic acids is 1. The van der Waals surface area contributed by atoms with Gasteiger partial charge in [0.1, 0.15) is 5.41 Å². The van der Waals surface area contributed by atoms with E-state index in [-0.39, 0.29) is 17.8 Å². The highest BCUT2D eigenvalue weighted by atomic mass is 16.4. The predicted octanol–water partition coefficient (Wildman–Crippen LogP) is 1.55. The van der Waals surface area contributed by atoms with Crippen molar-refractivity contribution in [2.24, 2.45) is 22.2 Å². The quantitative estimate of drug-likeness (QED) is 0.339. The Balaban J connectivity index is 2.19. The number of nitrogens with zero attached hydrogens (tertiary/aromatic N) is 2. The highest BCUT2D eigenvalue weighted by molar-refractivity contribution is 6.07. The largest absolute Gasteiger partial charge is 0.409 e. The molecule has 0 bridgehead atoms. The third-order valence-electron chi connectivity index (χ3n) is 4.47. The van der Waals surface area contributed by atoms with Crippen LogP contribution in [0.5, 0.6) is 0 Å². The molecule has 18 heavy (non-hydrogen) atoms. The van der Waals surface area contributed by atoms with Crippen LogP contribution >= 0.6 is 0 Å². The summed E-state index contributed by atoms with van der Waals surface area (Å²) in [5.41, 5.74) is 5.04. The minimum Gasteiger partial charge on any atom is -0.409 e. The molecule has 0 aromatic rings. The Morgan fingerprint density at radius 3 is 2.56 bits per heavy atom. The number of hydrogen-bond donors (Lipinski definition) is 2. The number of nitrogens with two attached hydrogens (primary N) is 1. The van der Waals surface area contributed by atoms with Crippen molar-refractivity contribution in [2.45, 2.75) is 52.0 Å². The van der Waals surface area contributed by atoms with E-state index in [1.165, 1.54) is 6.42 Å². The predicted molar refractivity (Wildman–Crippen MR) is 69.3 cm³/mol. The van der Waals surface area contributed by atoms with Crippen molar-refractivity contribution >= 4 is 11.7 Å². The fourth-order valence-electron chi connectivity index (χ4n) is 3.39. The van der Waals surface area contributed by atoms with Gasteiger partial charge < -0.3 is 15.8 Å². The van der Waals surface area contributed by atoms with Crippen LogP contribution < -0.4 is 5.73 Å². The molecule has 1 heterocycles. The van der Waals surface area contributed by atoms with Crippen molar-refractivity contribution in [1.82, 2.24) is 4.90 Å². The van der Waals surface area contributed by atoms with Gasteiger partial charge in [0.2, 0.25) is 5.91 Å². The molecule has 3 N–H and O–H groups in total. The van der Waals surface area contributed by atoms with Crippen LogP contribution in [0.4, 0.5) is 0 Å². The van der Waals surface area contributed by atoms with E-state index >= 15 is 0 Å². The lowest BCUT2D eigenvalue weighted by molar-refractivity contribution is -0.147. The van der Waals surface area contributed by atoms with E-state index in [0.717, 1.165) is 19.4 Å². The standard InChI is InChI=1S/C13H23N3O2/c1-9-7-13(8-9,11(14)15-18)12(17)16-6-4-3-5-10(16)2/h9-10,18H,3-8H2,1-2H3,(H2,14,15). The van der Waals surface area contributed by atoms with E-state index in [4.69, 9.17) is 10.9 Å². The van der Waals surface area contributed by atoms with Crippen LogP contribution in [0.2, 0.25) is 0 Å². The van der Waals surface area contributed by atoms with Crippen LogP contribution in [0.15, 0.2) is 5.16 Å². The molecular formula is C13H23N3O2. The van der Waals surface area contributed by atoms with Gasteiger partial charge in [-0.3, -0.25) is 4.79 Å². The average molecular weight is 253 g/mol. The van der Waals surface area contributed by atoms with Crippen molar-refractivity contribution in [3.05, 3.63) is 0 Å². The molecule has 0 radical (unpaired) electrons. The summed E-state index contributed by atoms with van der Waals surface area (Å²) in [6.45, 7) is 4.98. The SMILES string of the molecule is CC1CC(C(=O)N2CCCCC2C)(C(N)=NO)C1. The summed E-state index contributed by atoms with van der Waals surface area (Å²) in [5, 5.41) is 12.0. The van der Waals surface area contributed by atoms with Crippen molar-refractivity contribution in [3.63, 3.8) is 0 Å². The van der Waals surface area contributed by atoms with Crippen LogP contribution in [0.25, 0.3) is 0 Å². The van der Waals surface area contributed by atoms with E-state index in [0.29, 0.717) is 18.8 Å². The second kappa shape index (κ2) is 4.78. The van der Waals surface area contributed by atoms with Crippen LogP contribution in [0.1, 0.15) is 46.0 Å². The van der Waals surface area contributed by atoms with Crippen molar-refractivity contribution in [2.75, 3.05) is 6.54 Å². The van der Waals surface area contributed by atoms with Gasteiger partial charge >= 0.3 is 0 Å². The van der Waals surface area contributed by atoms with Gasteiger partial charge in [-0.1, -0.05) is 12.1 Å². The first-order chi connectivity index (χ1) is 8.51. The molecule has 5 nitrogen and oxygen atoms in total. The molecule has 2 aliphatic rings. The Labute approximate surface area is 108 Å². The van der Waals surface area contributed by atoms with Gasteiger partial charge in [0.25, 0.3) is 0 Å². The molecule has 1 amide bonds. The maximum Gasteiger partial charge on any atom is 0.236 e. The average Bonchev–Trinajstić information content (AvgIpc) is 2.33. The van der Waals surface area contributed by atoms with E-state index in [2.05, 4.69) is 19.0 Å². The molecule has 5 heteroatoms. The Bertz CT molecular complexity index is 361. The Morgan fingerprint density at radius 2 is 2.06 bits per heavy atom. The zero-order valence-corrected chi connectivity index (χ0v) is 11.2. The summed E-state index contributed by atoms with van der Waals surface area (Å²) in [5.74, 6) is 0.612. The normalized spacial score (nSPS) is 37.2. The Morgan fingerprint density at radius 1 is 1.39 bits per heavy atom. The van der Waals surface area contributed by atoms with Crippen molar-refractivity contribution < 1.29 is 10.0 Å². The number of carbonyl (C=O) groups is 1. The summed E-state index contributed by atoms with van der Waals surface area (Å²) >= 11 is 0. The zero-order valence-electron chi connectivity index (χ0n) is 11.2. The second-order valence-corrected chi connectivity index (χ2v) is 5.92. The minimum atomic E-state index is -0.736. The molecule has 1 saturated carbocycles. The first kappa shape index (κ1) is 13.2. The number of oxime groups is 1. The highest BCUT2D eigenvalue weighted by Gasteiger charge is 2.54. The molecule has 1 aliphatic carbocycles. The number of piperidine rings is 1. The lowest BCUT2D eigenvalue weighted by Gasteiger charge is -2.48. The molecule has 0 aromatic carbocycles. The molecule has 2 rings (SSSR count). The Kier molecular flexibility index (Phi) is 3.50. The second-order valence-electron chi connectivity index (χ2n) is 5.92. The number of rotatable bonds is 2. The Hall–Kier alpha value is -1.26. The molecule has 1 unspecified atom stereocenters. The maximum absolute atomic E-state index is 12.7. The molecular weight excluding hydrogens is 230 g/mol. The summed E-state index contributed by atoms with van der Waals surface area (Å²) in [7, 11) is 0. The molecule has 1 saturated heterocycles. The van der Waals surface area contributed by atoms with Gasteiger partial charge in [-0.2, -0.15) is 0 Å². The zero-order chi connectivity index (χ0) is 13.3. The first-order valence-corrected chi connectivity index (χ1v) is 6.80.